The standard InChI is InChI=1S/C15H21N3O/c19-15(13-5-2-1-3-6-13)16-12-17-9-10-18-8-4-7-14(18)11-17/h1-3,5-6,14H,4,7-12H2,(H,16,19). The van der Waals surface area contributed by atoms with Crippen molar-refractivity contribution in [1.29, 1.82) is 0 Å². The number of hydrogen-bond acceptors (Lipinski definition) is 3. The lowest BCUT2D eigenvalue weighted by Crippen LogP contribution is -2.52. The highest BCUT2D eigenvalue weighted by atomic mass is 16.1. The molecule has 0 bridgehead atoms. The van der Waals surface area contributed by atoms with Crippen LogP contribution in [0.1, 0.15) is 23.2 Å². The lowest BCUT2D eigenvalue weighted by atomic mass is 10.1. The molecule has 0 aliphatic carbocycles. The molecule has 1 amide bonds. The largest absolute Gasteiger partial charge is 0.339 e. The molecule has 19 heavy (non-hydrogen) atoms. The fourth-order valence-corrected chi connectivity index (χ4v) is 3.07. The van der Waals surface area contributed by atoms with E-state index in [9.17, 15) is 4.79 Å². The van der Waals surface area contributed by atoms with Crippen molar-refractivity contribution in [3.8, 4) is 0 Å². The molecule has 2 heterocycles. The van der Waals surface area contributed by atoms with Gasteiger partial charge in [0.05, 0.1) is 6.67 Å². The molecule has 2 saturated heterocycles. The summed E-state index contributed by atoms with van der Waals surface area (Å²) in [5.41, 5.74) is 0.738. The minimum absolute atomic E-state index is 0.0226. The van der Waals surface area contributed by atoms with Crippen molar-refractivity contribution in [2.24, 2.45) is 0 Å². The van der Waals surface area contributed by atoms with E-state index < -0.39 is 0 Å². The van der Waals surface area contributed by atoms with Gasteiger partial charge in [0.15, 0.2) is 0 Å². The summed E-state index contributed by atoms with van der Waals surface area (Å²) in [6.45, 7) is 5.22. The summed E-state index contributed by atoms with van der Waals surface area (Å²) >= 11 is 0. The molecule has 4 nitrogen and oxygen atoms in total. The number of carbonyl (C=O) groups excluding carboxylic acids is 1. The molecule has 2 fully saturated rings. The van der Waals surface area contributed by atoms with Gasteiger partial charge in [0, 0.05) is 31.2 Å². The van der Waals surface area contributed by atoms with E-state index in [1.807, 2.05) is 30.3 Å². The summed E-state index contributed by atoms with van der Waals surface area (Å²) in [5.74, 6) is 0.0226. The fraction of sp³-hybridized carbons (Fsp3) is 0.533. The van der Waals surface area contributed by atoms with Crippen molar-refractivity contribution in [2.45, 2.75) is 18.9 Å². The van der Waals surface area contributed by atoms with Gasteiger partial charge in [-0.25, -0.2) is 0 Å². The molecule has 1 N–H and O–H groups in total. The molecule has 4 heteroatoms. The van der Waals surface area contributed by atoms with Gasteiger partial charge < -0.3 is 5.32 Å². The monoisotopic (exact) mass is 259 g/mol. The Morgan fingerprint density at radius 3 is 2.89 bits per heavy atom. The van der Waals surface area contributed by atoms with Crippen LogP contribution in [-0.4, -0.2) is 54.6 Å². The predicted molar refractivity (Wildman–Crippen MR) is 74.9 cm³/mol. The molecule has 0 saturated carbocycles. The Balaban J connectivity index is 1.49. The Morgan fingerprint density at radius 2 is 2.05 bits per heavy atom. The average Bonchev–Trinajstić information content (AvgIpc) is 2.93. The molecule has 0 spiro atoms. The summed E-state index contributed by atoms with van der Waals surface area (Å²) in [6.07, 6.45) is 2.64. The molecule has 1 unspecified atom stereocenters. The maximum atomic E-state index is 12.0. The van der Waals surface area contributed by atoms with E-state index in [2.05, 4.69) is 15.1 Å². The highest BCUT2D eigenvalue weighted by Gasteiger charge is 2.30. The van der Waals surface area contributed by atoms with E-state index in [1.165, 1.54) is 19.4 Å². The fourth-order valence-electron chi connectivity index (χ4n) is 3.07. The summed E-state index contributed by atoms with van der Waals surface area (Å²) in [6, 6.07) is 10.1. The van der Waals surface area contributed by atoms with Gasteiger partial charge in [-0.05, 0) is 31.5 Å². The highest BCUT2D eigenvalue weighted by molar-refractivity contribution is 5.94. The second kappa shape index (κ2) is 5.72. The van der Waals surface area contributed by atoms with Gasteiger partial charge in [0.2, 0.25) is 0 Å². The van der Waals surface area contributed by atoms with Gasteiger partial charge in [-0.15, -0.1) is 0 Å². The third-order valence-corrected chi connectivity index (χ3v) is 4.17. The third-order valence-electron chi connectivity index (χ3n) is 4.17. The Morgan fingerprint density at radius 1 is 1.21 bits per heavy atom. The van der Waals surface area contributed by atoms with E-state index in [4.69, 9.17) is 0 Å². The minimum Gasteiger partial charge on any atom is -0.339 e. The number of amides is 1. The number of carbonyl (C=O) groups is 1. The van der Waals surface area contributed by atoms with Crippen LogP contribution in [0.2, 0.25) is 0 Å². The summed E-state index contributed by atoms with van der Waals surface area (Å²) < 4.78 is 0. The first kappa shape index (κ1) is 12.6. The SMILES string of the molecule is O=C(NCN1CCN2CCCC2C1)c1ccccc1. The zero-order chi connectivity index (χ0) is 13.1. The smallest absolute Gasteiger partial charge is 0.252 e. The number of fused-ring (bicyclic) bond motifs is 1. The van der Waals surface area contributed by atoms with Crippen molar-refractivity contribution in [3.05, 3.63) is 35.9 Å². The second-order valence-electron chi connectivity index (χ2n) is 5.44. The Kier molecular flexibility index (Phi) is 3.80. The quantitative estimate of drug-likeness (QED) is 0.884. The van der Waals surface area contributed by atoms with Crippen molar-refractivity contribution >= 4 is 5.91 Å². The molecule has 2 aliphatic heterocycles. The number of nitrogens with zero attached hydrogens (tertiary/aromatic N) is 2. The van der Waals surface area contributed by atoms with E-state index >= 15 is 0 Å². The van der Waals surface area contributed by atoms with E-state index in [0.29, 0.717) is 12.7 Å². The second-order valence-corrected chi connectivity index (χ2v) is 5.44. The molecule has 3 rings (SSSR count). The van der Waals surface area contributed by atoms with Gasteiger partial charge >= 0.3 is 0 Å². The first-order valence-electron chi connectivity index (χ1n) is 7.12. The van der Waals surface area contributed by atoms with Crippen LogP contribution >= 0.6 is 0 Å². The zero-order valence-corrected chi connectivity index (χ0v) is 11.2. The molecular formula is C15H21N3O. The molecule has 1 atom stereocenters. The van der Waals surface area contributed by atoms with Crippen LogP contribution in [0.15, 0.2) is 30.3 Å². The summed E-state index contributed by atoms with van der Waals surface area (Å²) in [4.78, 5) is 16.9. The molecule has 2 aliphatic rings. The van der Waals surface area contributed by atoms with Crippen molar-refractivity contribution in [1.82, 2.24) is 15.1 Å². The Hall–Kier alpha value is -1.39. The topological polar surface area (TPSA) is 35.6 Å². The molecule has 1 aromatic rings. The Bertz CT molecular complexity index is 434. The van der Waals surface area contributed by atoms with Crippen LogP contribution in [0, 0.1) is 0 Å². The van der Waals surface area contributed by atoms with Crippen LogP contribution < -0.4 is 5.32 Å². The van der Waals surface area contributed by atoms with Gasteiger partial charge in [-0.3, -0.25) is 14.6 Å². The average molecular weight is 259 g/mol. The normalized spacial score (nSPS) is 24.1. The molecule has 0 radical (unpaired) electrons. The van der Waals surface area contributed by atoms with Crippen LogP contribution in [0.4, 0.5) is 0 Å². The van der Waals surface area contributed by atoms with Gasteiger partial charge in [-0.2, -0.15) is 0 Å². The van der Waals surface area contributed by atoms with Crippen molar-refractivity contribution < 1.29 is 4.79 Å². The van der Waals surface area contributed by atoms with Gasteiger partial charge in [-0.1, -0.05) is 18.2 Å². The van der Waals surface area contributed by atoms with Crippen LogP contribution in [0.5, 0.6) is 0 Å². The first-order valence-corrected chi connectivity index (χ1v) is 7.12. The van der Waals surface area contributed by atoms with Crippen LogP contribution in [-0.2, 0) is 0 Å². The van der Waals surface area contributed by atoms with E-state index in [1.54, 1.807) is 0 Å². The number of hydrogen-bond donors (Lipinski definition) is 1. The van der Waals surface area contributed by atoms with E-state index in [0.717, 1.165) is 25.2 Å². The van der Waals surface area contributed by atoms with Crippen LogP contribution in [0.3, 0.4) is 0 Å². The predicted octanol–water partition coefficient (Wildman–Crippen LogP) is 1.15. The molecule has 1 aromatic carbocycles. The molecule has 0 aromatic heterocycles. The third kappa shape index (κ3) is 2.96. The summed E-state index contributed by atoms with van der Waals surface area (Å²) in [7, 11) is 0. The first-order chi connectivity index (χ1) is 9.33. The number of benzene rings is 1. The van der Waals surface area contributed by atoms with Crippen molar-refractivity contribution in [3.63, 3.8) is 0 Å². The maximum Gasteiger partial charge on any atom is 0.252 e. The minimum atomic E-state index is 0.0226. The Labute approximate surface area is 114 Å². The number of piperazine rings is 1. The number of rotatable bonds is 3. The zero-order valence-electron chi connectivity index (χ0n) is 11.2. The molecule has 102 valence electrons. The molecular weight excluding hydrogens is 238 g/mol. The maximum absolute atomic E-state index is 12.0. The van der Waals surface area contributed by atoms with E-state index in [-0.39, 0.29) is 5.91 Å². The highest BCUT2D eigenvalue weighted by Crippen LogP contribution is 2.20. The lowest BCUT2D eigenvalue weighted by molar-refractivity contribution is 0.0805. The number of nitrogens with one attached hydrogen (secondary N) is 1. The van der Waals surface area contributed by atoms with Crippen molar-refractivity contribution in [2.75, 3.05) is 32.8 Å². The van der Waals surface area contributed by atoms with Gasteiger partial charge in [0.1, 0.15) is 0 Å². The summed E-state index contributed by atoms with van der Waals surface area (Å²) in [5, 5.41) is 3.02. The van der Waals surface area contributed by atoms with Gasteiger partial charge in [0.25, 0.3) is 5.91 Å². The van der Waals surface area contributed by atoms with Crippen LogP contribution in [0.25, 0.3) is 0 Å². The lowest BCUT2D eigenvalue weighted by Gasteiger charge is -2.37.